The molecular formula is C20H31IN4O3. The number of piperazine rings is 1. The van der Waals surface area contributed by atoms with Gasteiger partial charge >= 0.3 is 0 Å². The minimum absolute atomic E-state index is 0. The van der Waals surface area contributed by atoms with Crippen LogP contribution in [0.4, 0.5) is 0 Å². The highest BCUT2D eigenvalue weighted by Crippen LogP contribution is 2.16. The first kappa shape index (κ1) is 22.7. The third-order valence-electron chi connectivity index (χ3n) is 5.16. The monoisotopic (exact) mass is 502 g/mol. The van der Waals surface area contributed by atoms with E-state index >= 15 is 0 Å². The Morgan fingerprint density at radius 1 is 1.21 bits per heavy atom. The van der Waals surface area contributed by atoms with Crippen molar-refractivity contribution in [2.24, 2.45) is 4.99 Å². The Morgan fingerprint density at radius 3 is 2.46 bits per heavy atom. The maximum absolute atomic E-state index is 12.4. The zero-order valence-electron chi connectivity index (χ0n) is 16.7. The molecule has 2 fully saturated rings. The van der Waals surface area contributed by atoms with E-state index in [1.165, 1.54) is 5.56 Å². The summed E-state index contributed by atoms with van der Waals surface area (Å²) in [5.74, 6) is 1.92. The molecule has 1 unspecified atom stereocenters. The van der Waals surface area contributed by atoms with Crippen LogP contribution in [-0.2, 0) is 16.0 Å². The summed E-state index contributed by atoms with van der Waals surface area (Å²) in [6, 6.07) is 8.13. The largest absolute Gasteiger partial charge is 0.497 e. The van der Waals surface area contributed by atoms with Gasteiger partial charge in [0.2, 0.25) is 0 Å². The second-order valence-corrected chi connectivity index (χ2v) is 6.89. The van der Waals surface area contributed by atoms with Gasteiger partial charge in [-0.1, -0.05) is 12.1 Å². The van der Waals surface area contributed by atoms with E-state index < -0.39 is 0 Å². The number of halogens is 1. The Morgan fingerprint density at radius 2 is 1.89 bits per heavy atom. The SMILES string of the molecule is CN=C(NCCc1ccc(OC)cc1)N1CCN(C(=O)C2CCCO2)CC1.I. The van der Waals surface area contributed by atoms with Crippen LogP contribution < -0.4 is 10.1 Å². The highest BCUT2D eigenvalue weighted by molar-refractivity contribution is 14.0. The summed E-state index contributed by atoms with van der Waals surface area (Å²) in [6.07, 6.45) is 2.54. The molecular weight excluding hydrogens is 471 g/mol. The number of rotatable bonds is 5. The Bertz CT molecular complexity index is 639. The van der Waals surface area contributed by atoms with E-state index in [2.05, 4.69) is 27.3 Å². The van der Waals surface area contributed by atoms with Gasteiger partial charge < -0.3 is 24.6 Å². The Hall–Kier alpha value is -1.55. The van der Waals surface area contributed by atoms with Gasteiger partial charge in [-0.15, -0.1) is 24.0 Å². The number of hydrogen-bond donors (Lipinski definition) is 1. The number of nitrogens with one attached hydrogen (secondary N) is 1. The molecule has 3 rings (SSSR count). The molecule has 1 N–H and O–H groups in total. The van der Waals surface area contributed by atoms with Crippen LogP contribution in [0.5, 0.6) is 5.75 Å². The number of amides is 1. The van der Waals surface area contributed by atoms with Crippen LogP contribution in [-0.4, -0.2) is 81.3 Å². The maximum Gasteiger partial charge on any atom is 0.251 e. The lowest BCUT2D eigenvalue weighted by atomic mass is 10.1. The number of benzene rings is 1. The normalized spacial score (nSPS) is 19.9. The molecule has 1 atom stereocenters. The number of hydrogen-bond acceptors (Lipinski definition) is 4. The van der Waals surface area contributed by atoms with E-state index in [4.69, 9.17) is 9.47 Å². The molecule has 1 aromatic carbocycles. The van der Waals surface area contributed by atoms with E-state index in [0.29, 0.717) is 6.61 Å². The Labute approximate surface area is 184 Å². The molecule has 2 saturated heterocycles. The van der Waals surface area contributed by atoms with Crippen molar-refractivity contribution in [3.63, 3.8) is 0 Å². The van der Waals surface area contributed by atoms with Gasteiger partial charge in [0.25, 0.3) is 5.91 Å². The van der Waals surface area contributed by atoms with E-state index in [1.807, 2.05) is 17.0 Å². The van der Waals surface area contributed by atoms with Gasteiger partial charge in [-0.2, -0.15) is 0 Å². The molecule has 1 aromatic rings. The number of carbonyl (C=O) groups excluding carboxylic acids is 1. The van der Waals surface area contributed by atoms with Crippen molar-refractivity contribution in [1.29, 1.82) is 0 Å². The molecule has 0 spiro atoms. The van der Waals surface area contributed by atoms with Gasteiger partial charge in [-0.05, 0) is 37.0 Å². The number of carbonyl (C=O) groups is 1. The summed E-state index contributed by atoms with van der Waals surface area (Å²) in [5, 5.41) is 3.43. The van der Waals surface area contributed by atoms with Crippen LogP contribution in [0.1, 0.15) is 18.4 Å². The van der Waals surface area contributed by atoms with Gasteiger partial charge in [0.15, 0.2) is 5.96 Å². The van der Waals surface area contributed by atoms with Gasteiger partial charge in [-0.3, -0.25) is 9.79 Å². The molecule has 0 radical (unpaired) electrons. The minimum Gasteiger partial charge on any atom is -0.497 e. The van der Waals surface area contributed by atoms with Crippen LogP contribution in [0.15, 0.2) is 29.3 Å². The van der Waals surface area contributed by atoms with Gasteiger partial charge in [0, 0.05) is 46.4 Å². The fourth-order valence-corrected chi connectivity index (χ4v) is 3.56. The van der Waals surface area contributed by atoms with Crippen LogP contribution in [0.2, 0.25) is 0 Å². The fraction of sp³-hybridized carbons (Fsp3) is 0.600. The molecule has 1 amide bonds. The van der Waals surface area contributed by atoms with Crippen LogP contribution in [0.3, 0.4) is 0 Å². The summed E-state index contributed by atoms with van der Waals surface area (Å²) in [5.41, 5.74) is 1.26. The van der Waals surface area contributed by atoms with Crippen molar-refractivity contribution >= 4 is 35.8 Å². The van der Waals surface area contributed by atoms with E-state index in [9.17, 15) is 4.79 Å². The second kappa shape index (κ2) is 11.5. The number of ether oxygens (including phenoxy) is 2. The van der Waals surface area contributed by atoms with Crippen molar-refractivity contribution in [2.75, 3.05) is 53.5 Å². The summed E-state index contributed by atoms with van der Waals surface area (Å²) < 4.78 is 10.7. The summed E-state index contributed by atoms with van der Waals surface area (Å²) in [4.78, 5) is 21.0. The number of nitrogens with zero attached hydrogens (tertiary/aromatic N) is 3. The molecule has 2 aliphatic heterocycles. The molecule has 0 aliphatic carbocycles. The summed E-state index contributed by atoms with van der Waals surface area (Å²) >= 11 is 0. The number of methoxy groups -OCH3 is 1. The van der Waals surface area contributed by atoms with Crippen molar-refractivity contribution in [3.8, 4) is 5.75 Å². The number of guanidine groups is 1. The van der Waals surface area contributed by atoms with E-state index in [1.54, 1.807) is 14.2 Å². The minimum atomic E-state index is -0.224. The highest BCUT2D eigenvalue weighted by atomic mass is 127. The summed E-state index contributed by atoms with van der Waals surface area (Å²) in [7, 11) is 3.48. The van der Waals surface area contributed by atoms with Gasteiger partial charge in [0.05, 0.1) is 7.11 Å². The van der Waals surface area contributed by atoms with Crippen molar-refractivity contribution < 1.29 is 14.3 Å². The zero-order chi connectivity index (χ0) is 19.1. The van der Waals surface area contributed by atoms with Crippen LogP contribution in [0.25, 0.3) is 0 Å². The lowest BCUT2D eigenvalue weighted by Crippen LogP contribution is -2.55. The van der Waals surface area contributed by atoms with Crippen molar-refractivity contribution in [3.05, 3.63) is 29.8 Å². The van der Waals surface area contributed by atoms with Gasteiger partial charge in [-0.25, -0.2) is 0 Å². The Balaban J connectivity index is 0.00000280. The molecule has 7 nitrogen and oxygen atoms in total. The molecule has 2 heterocycles. The number of aliphatic imine (C=N–C) groups is 1. The summed E-state index contributed by atoms with van der Waals surface area (Å²) in [6.45, 7) is 4.55. The molecule has 8 heteroatoms. The topological polar surface area (TPSA) is 66.4 Å². The fourth-order valence-electron chi connectivity index (χ4n) is 3.56. The average Bonchev–Trinajstić information content (AvgIpc) is 3.26. The maximum atomic E-state index is 12.4. The molecule has 28 heavy (non-hydrogen) atoms. The van der Waals surface area contributed by atoms with Crippen LogP contribution in [0, 0.1) is 0 Å². The molecule has 0 bridgehead atoms. The highest BCUT2D eigenvalue weighted by Gasteiger charge is 2.30. The van der Waals surface area contributed by atoms with Gasteiger partial charge in [0.1, 0.15) is 11.9 Å². The second-order valence-electron chi connectivity index (χ2n) is 6.89. The first-order valence-electron chi connectivity index (χ1n) is 9.70. The average molecular weight is 502 g/mol. The van der Waals surface area contributed by atoms with Crippen molar-refractivity contribution in [1.82, 2.24) is 15.1 Å². The molecule has 2 aliphatic rings. The van der Waals surface area contributed by atoms with E-state index in [0.717, 1.165) is 63.7 Å². The predicted molar refractivity (Wildman–Crippen MR) is 121 cm³/mol. The predicted octanol–water partition coefficient (Wildman–Crippen LogP) is 1.75. The lowest BCUT2D eigenvalue weighted by Gasteiger charge is -2.37. The Kier molecular flexibility index (Phi) is 9.30. The lowest BCUT2D eigenvalue weighted by molar-refractivity contribution is -0.142. The molecule has 156 valence electrons. The van der Waals surface area contributed by atoms with Crippen LogP contribution >= 0.6 is 24.0 Å². The first-order valence-corrected chi connectivity index (χ1v) is 9.70. The quantitative estimate of drug-likeness (QED) is 0.378. The molecule has 0 aromatic heterocycles. The van der Waals surface area contributed by atoms with E-state index in [-0.39, 0.29) is 36.0 Å². The molecule has 0 saturated carbocycles. The smallest absolute Gasteiger partial charge is 0.251 e. The standard InChI is InChI=1S/C20H30N4O3.HI/c1-21-20(22-10-9-16-5-7-17(26-2)8-6-16)24-13-11-23(12-14-24)19(25)18-4-3-15-27-18;/h5-8,18H,3-4,9-15H2,1-2H3,(H,21,22);1H. The first-order chi connectivity index (χ1) is 13.2. The third kappa shape index (κ3) is 5.97. The zero-order valence-corrected chi connectivity index (χ0v) is 19.1. The third-order valence-corrected chi connectivity index (χ3v) is 5.16. The van der Waals surface area contributed by atoms with Crippen molar-refractivity contribution in [2.45, 2.75) is 25.4 Å².